The lowest BCUT2D eigenvalue weighted by molar-refractivity contribution is -0.143. The summed E-state index contributed by atoms with van der Waals surface area (Å²) < 4.78 is 30.6. The summed E-state index contributed by atoms with van der Waals surface area (Å²) in [5, 5.41) is 0. The lowest BCUT2D eigenvalue weighted by Crippen LogP contribution is -2.16. The molecule has 1 fully saturated rings. The van der Waals surface area contributed by atoms with Gasteiger partial charge in [-0.05, 0) is 6.92 Å². The minimum Gasteiger partial charge on any atom is -0.465 e. The number of alkyl halides is 2. The van der Waals surface area contributed by atoms with Crippen LogP contribution in [0.3, 0.4) is 0 Å². The van der Waals surface area contributed by atoms with E-state index < -0.39 is 23.2 Å². The van der Waals surface area contributed by atoms with Crippen molar-refractivity contribution < 1.29 is 18.3 Å². The predicted octanol–water partition coefficient (Wildman–Crippen LogP) is 2.01. The van der Waals surface area contributed by atoms with Gasteiger partial charge in [0.25, 0.3) is 5.92 Å². The molecule has 0 radical (unpaired) electrons. The van der Waals surface area contributed by atoms with Gasteiger partial charge in [-0.3, -0.25) is 4.79 Å². The van der Waals surface area contributed by atoms with Gasteiger partial charge in [-0.25, -0.2) is 8.78 Å². The summed E-state index contributed by atoms with van der Waals surface area (Å²) in [5.74, 6) is -4.20. The molecule has 0 bridgehead atoms. The number of esters is 1. The maximum absolute atomic E-state index is 13.0. The normalized spacial score (nSPS) is 35.2. The Hall–Kier alpha value is -0.930. The summed E-state index contributed by atoms with van der Waals surface area (Å²) in [4.78, 5) is 10.4. The van der Waals surface area contributed by atoms with Crippen molar-refractivity contribution in [1.29, 1.82) is 0 Å². The Morgan fingerprint density at radius 3 is 2.54 bits per heavy atom. The van der Waals surface area contributed by atoms with E-state index >= 15 is 0 Å². The van der Waals surface area contributed by atoms with Gasteiger partial charge < -0.3 is 4.74 Å². The van der Waals surface area contributed by atoms with Crippen molar-refractivity contribution in [2.75, 3.05) is 6.61 Å². The summed E-state index contributed by atoms with van der Waals surface area (Å²) in [6, 6.07) is 0. The molecule has 0 aromatic carbocycles. The Kier molecular flexibility index (Phi) is 2.18. The van der Waals surface area contributed by atoms with Crippen molar-refractivity contribution >= 4 is 5.97 Å². The number of hydrogen-bond donors (Lipinski definition) is 0. The Morgan fingerprint density at radius 2 is 2.23 bits per heavy atom. The van der Waals surface area contributed by atoms with Crippen LogP contribution in [0.5, 0.6) is 0 Å². The van der Waals surface area contributed by atoms with Crippen LogP contribution in [0.25, 0.3) is 0 Å². The van der Waals surface area contributed by atoms with Crippen LogP contribution in [0.1, 0.15) is 13.8 Å². The third-order valence-corrected chi connectivity index (χ3v) is 2.57. The number of halogens is 2. The highest BCUT2D eigenvalue weighted by Crippen LogP contribution is 2.66. The molecule has 2 atom stereocenters. The minimum absolute atomic E-state index is 0.244. The minimum atomic E-state index is -2.79. The van der Waals surface area contributed by atoms with Crippen LogP contribution in [0, 0.1) is 11.3 Å². The molecular weight excluding hydrogens is 178 g/mol. The average Bonchev–Trinajstić information content (AvgIpc) is 2.43. The number of ether oxygens (including phenoxy) is 1. The zero-order valence-corrected chi connectivity index (χ0v) is 7.64. The van der Waals surface area contributed by atoms with Gasteiger partial charge in [0.05, 0.1) is 11.3 Å². The molecule has 2 nitrogen and oxygen atoms in total. The Morgan fingerprint density at radius 1 is 1.69 bits per heavy atom. The van der Waals surface area contributed by atoms with E-state index in [1.165, 1.54) is 19.9 Å². The lowest BCUT2D eigenvalue weighted by Gasteiger charge is -2.08. The Labute approximate surface area is 75.6 Å². The van der Waals surface area contributed by atoms with E-state index in [-0.39, 0.29) is 6.61 Å². The second kappa shape index (κ2) is 2.79. The highest BCUT2D eigenvalue weighted by molar-refractivity contribution is 5.66. The largest absolute Gasteiger partial charge is 0.465 e. The van der Waals surface area contributed by atoms with E-state index in [1.54, 1.807) is 0 Å². The fourth-order valence-corrected chi connectivity index (χ4v) is 1.46. The van der Waals surface area contributed by atoms with Gasteiger partial charge in [-0.15, -0.1) is 6.58 Å². The molecule has 1 aliphatic carbocycles. The van der Waals surface area contributed by atoms with E-state index in [0.717, 1.165) is 0 Å². The molecule has 0 aliphatic heterocycles. The smallest absolute Gasteiger partial charge is 0.302 e. The highest BCUT2D eigenvalue weighted by atomic mass is 19.3. The molecule has 0 saturated heterocycles. The first-order valence-corrected chi connectivity index (χ1v) is 4.00. The van der Waals surface area contributed by atoms with E-state index in [4.69, 9.17) is 0 Å². The van der Waals surface area contributed by atoms with Crippen molar-refractivity contribution in [3.8, 4) is 0 Å². The van der Waals surface area contributed by atoms with Gasteiger partial charge in [0.15, 0.2) is 0 Å². The SMILES string of the molecule is C=C[C@@H]1C(F)(F)[C@@]1(C)COC(C)=O. The molecule has 1 rings (SSSR count). The van der Waals surface area contributed by atoms with Crippen LogP contribution in [0.15, 0.2) is 12.7 Å². The molecule has 0 N–H and O–H groups in total. The summed E-state index contributed by atoms with van der Waals surface area (Å²) in [6.45, 7) is 5.67. The van der Waals surface area contributed by atoms with Gasteiger partial charge in [0.1, 0.15) is 6.61 Å². The predicted molar refractivity (Wildman–Crippen MR) is 43.4 cm³/mol. The molecule has 74 valence electrons. The molecule has 0 spiro atoms. The molecule has 1 saturated carbocycles. The van der Waals surface area contributed by atoms with Gasteiger partial charge in [0, 0.05) is 6.92 Å². The molecule has 4 heteroatoms. The van der Waals surface area contributed by atoms with Gasteiger partial charge in [-0.2, -0.15) is 0 Å². The number of rotatable bonds is 3. The van der Waals surface area contributed by atoms with Gasteiger partial charge in [-0.1, -0.05) is 6.08 Å². The van der Waals surface area contributed by atoms with Crippen LogP contribution in [-0.2, 0) is 9.53 Å². The Balaban J connectivity index is 2.60. The van der Waals surface area contributed by atoms with Crippen molar-refractivity contribution in [2.24, 2.45) is 11.3 Å². The van der Waals surface area contributed by atoms with Crippen molar-refractivity contribution in [2.45, 2.75) is 19.8 Å². The lowest BCUT2D eigenvalue weighted by atomic mass is 10.1. The van der Waals surface area contributed by atoms with Crippen molar-refractivity contribution in [3.63, 3.8) is 0 Å². The fraction of sp³-hybridized carbons (Fsp3) is 0.667. The molecule has 0 aromatic heterocycles. The topological polar surface area (TPSA) is 26.3 Å². The zero-order chi connectivity index (χ0) is 10.3. The number of hydrogen-bond acceptors (Lipinski definition) is 2. The van der Waals surface area contributed by atoms with E-state index in [2.05, 4.69) is 11.3 Å². The number of carbonyl (C=O) groups excluding carboxylic acids is 1. The molecule has 0 heterocycles. The quantitative estimate of drug-likeness (QED) is 0.502. The molecular formula is C9H12F2O2. The summed E-state index contributed by atoms with van der Waals surface area (Å²) in [6.07, 6.45) is 1.21. The number of allylic oxidation sites excluding steroid dienone is 1. The van der Waals surface area contributed by atoms with E-state index in [0.29, 0.717) is 0 Å². The van der Waals surface area contributed by atoms with Crippen LogP contribution >= 0.6 is 0 Å². The number of carbonyl (C=O) groups is 1. The summed E-state index contributed by atoms with van der Waals surface area (Å²) >= 11 is 0. The van der Waals surface area contributed by atoms with Crippen LogP contribution in [0.4, 0.5) is 8.78 Å². The molecule has 0 amide bonds. The first-order valence-electron chi connectivity index (χ1n) is 4.00. The van der Waals surface area contributed by atoms with Crippen LogP contribution in [-0.4, -0.2) is 18.5 Å². The fourth-order valence-electron chi connectivity index (χ4n) is 1.46. The molecule has 1 aliphatic rings. The Bertz CT molecular complexity index is 250. The first-order chi connectivity index (χ1) is 5.86. The third-order valence-electron chi connectivity index (χ3n) is 2.57. The standard InChI is InChI=1S/C9H12F2O2/c1-4-7-8(3,9(7,10)11)5-13-6(2)12/h4,7H,1,5H2,2-3H3/t7-,8-/m0/s1. The highest BCUT2D eigenvalue weighted by Gasteiger charge is 2.77. The van der Waals surface area contributed by atoms with Crippen LogP contribution < -0.4 is 0 Å². The second-order valence-electron chi connectivity index (χ2n) is 3.53. The third kappa shape index (κ3) is 1.34. The monoisotopic (exact) mass is 190 g/mol. The summed E-state index contributed by atoms with van der Waals surface area (Å²) in [5.41, 5.74) is -1.25. The first kappa shape index (κ1) is 10.2. The maximum atomic E-state index is 13.0. The maximum Gasteiger partial charge on any atom is 0.302 e. The van der Waals surface area contributed by atoms with Gasteiger partial charge >= 0.3 is 5.97 Å². The van der Waals surface area contributed by atoms with Crippen LogP contribution in [0.2, 0.25) is 0 Å². The summed E-state index contributed by atoms with van der Waals surface area (Å²) in [7, 11) is 0. The average molecular weight is 190 g/mol. The molecule has 0 unspecified atom stereocenters. The van der Waals surface area contributed by atoms with Crippen molar-refractivity contribution in [1.82, 2.24) is 0 Å². The molecule has 0 aromatic rings. The van der Waals surface area contributed by atoms with Gasteiger partial charge in [0.2, 0.25) is 0 Å². The van der Waals surface area contributed by atoms with E-state index in [9.17, 15) is 13.6 Å². The van der Waals surface area contributed by atoms with E-state index in [1.807, 2.05) is 0 Å². The zero-order valence-electron chi connectivity index (χ0n) is 7.64. The van der Waals surface area contributed by atoms with Crippen molar-refractivity contribution in [3.05, 3.63) is 12.7 Å². The second-order valence-corrected chi connectivity index (χ2v) is 3.53. The molecule has 13 heavy (non-hydrogen) atoms.